The second-order valence-corrected chi connectivity index (χ2v) is 6.98. The van der Waals surface area contributed by atoms with E-state index in [1.54, 1.807) is 0 Å². The van der Waals surface area contributed by atoms with Crippen molar-refractivity contribution in [2.75, 3.05) is 6.54 Å². The maximum atomic E-state index is 4.60. The fourth-order valence-electron chi connectivity index (χ4n) is 2.57. The molecule has 0 saturated heterocycles. The van der Waals surface area contributed by atoms with E-state index in [1.807, 2.05) is 6.20 Å². The van der Waals surface area contributed by atoms with Crippen LogP contribution in [0.1, 0.15) is 35.3 Å². The fraction of sp³-hybridized carbons (Fsp3) is 0.353. The number of pyridine rings is 1. The molecule has 1 unspecified atom stereocenters. The van der Waals surface area contributed by atoms with Gasteiger partial charge < -0.3 is 5.32 Å². The van der Waals surface area contributed by atoms with Gasteiger partial charge in [0.25, 0.3) is 0 Å². The molecule has 0 aliphatic rings. The van der Waals surface area contributed by atoms with Crippen LogP contribution >= 0.6 is 31.9 Å². The molecule has 0 amide bonds. The summed E-state index contributed by atoms with van der Waals surface area (Å²) in [5.74, 6) is 0. The molecule has 112 valence electrons. The van der Waals surface area contributed by atoms with E-state index in [9.17, 15) is 0 Å². The lowest BCUT2D eigenvalue weighted by Gasteiger charge is -2.21. The maximum absolute atomic E-state index is 4.60. The van der Waals surface area contributed by atoms with Gasteiger partial charge in [-0.3, -0.25) is 4.98 Å². The molecule has 0 radical (unpaired) electrons. The molecule has 0 aliphatic carbocycles. The maximum Gasteiger partial charge on any atom is 0.0719 e. The fourth-order valence-corrected chi connectivity index (χ4v) is 3.83. The zero-order valence-electron chi connectivity index (χ0n) is 12.6. The van der Waals surface area contributed by atoms with Crippen LogP contribution in [0.2, 0.25) is 0 Å². The van der Waals surface area contributed by atoms with Gasteiger partial charge in [0, 0.05) is 15.1 Å². The van der Waals surface area contributed by atoms with Crippen LogP contribution in [0.3, 0.4) is 0 Å². The van der Waals surface area contributed by atoms with Crippen molar-refractivity contribution in [2.24, 2.45) is 0 Å². The summed E-state index contributed by atoms with van der Waals surface area (Å²) in [5, 5.41) is 3.55. The van der Waals surface area contributed by atoms with Crippen molar-refractivity contribution in [1.82, 2.24) is 10.3 Å². The molecule has 0 aliphatic heterocycles. The van der Waals surface area contributed by atoms with Crippen LogP contribution in [0, 0.1) is 13.8 Å². The highest BCUT2D eigenvalue weighted by atomic mass is 79.9. The van der Waals surface area contributed by atoms with E-state index in [2.05, 4.69) is 87.2 Å². The van der Waals surface area contributed by atoms with Crippen LogP contribution < -0.4 is 5.32 Å². The summed E-state index contributed by atoms with van der Waals surface area (Å²) in [6.45, 7) is 7.40. The molecular weight excluding hydrogens is 392 g/mol. The Morgan fingerprint density at radius 1 is 1.19 bits per heavy atom. The molecule has 1 aromatic heterocycles. The SMILES string of the molecule is CCNC(Cc1c(C)cccc1C)c1ncc(Br)cc1Br. The first kappa shape index (κ1) is 16.7. The van der Waals surface area contributed by atoms with Crippen LogP contribution in [0.4, 0.5) is 0 Å². The summed E-state index contributed by atoms with van der Waals surface area (Å²) in [4.78, 5) is 4.60. The largest absolute Gasteiger partial charge is 0.309 e. The van der Waals surface area contributed by atoms with Crippen LogP contribution in [0.25, 0.3) is 0 Å². The topological polar surface area (TPSA) is 24.9 Å². The van der Waals surface area contributed by atoms with Crippen LogP contribution in [0.5, 0.6) is 0 Å². The van der Waals surface area contributed by atoms with Crippen molar-refractivity contribution >= 4 is 31.9 Å². The number of hydrogen-bond acceptors (Lipinski definition) is 2. The quantitative estimate of drug-likeness (QED) is 0.738. The predicted molar refractivity (Wildman–Crippen MR) is 95.7 cm³/mol. The van der Waals surface area contributed by atoms with E-state index < -0.39 is 0 Å². The molecule has 0 fully saturated rings. The van der Waals surface area contributed by atoms with E-state index in [1.165, 1.54) is 16.7 Å². The molecule has 0 spiro atoms. The van der Waals surface area contributed by atoms with E-state index in [0.717, 1.165) is 27.6 Å². The summed E-state index contributed by atoms with van der Waals surface area (Å²) in [5.41, 5.74) is 5.14. The van der Waals surface area contributed by atoms with Gasteiger partial charge in [0.05, 0.1) is 11.7 Å². The third kappa shape index (κ3) is 4.15. The van der Waals surface area contributed by atoms with Gasteiger partial charge in [-0.05, 0) is 81.4 Å². The minimum absolute atomic E-state index is 0.206. The van der Waals surface area contributed by atoms with Gasteiger partial charge >= 0.3 is 0 Å². The van der Waals surface area contributed by atoms with Crippen molar-refractivity contribution in [3.63, 3.8) is 0 Å². The molecule has 2 aromatic rings. The third-order valence-corrected chi connectivity index (χ3v) is 4.74. The van der Waals surface area contributed by atoms with Gasteiger partial charge in [-0.25, -0.2) is 0 Å². The molecule has 2 rings (SSSR count). The number of halogens is 2. The van der Waals surface area contributed by atoms with E-state index in [0.29, 0.717) is 0 Å². The highest BCUT2D eigenvalue weighted by Gasteiger charge is 2.18. The predicted octanol–water partition coefficient (Wildman–Crippen LogP) is 5.12. The molecule has 1 atom stereocenters. The highest BCUT2D eigenvalue weighted by molar-refractivity contribution is 9.11. The van der Waals surface area contributed by atoms with Crippen LogP contribution in [0.15, 0.2) is 39.4 Å². The minimum atomic E-state index is 0.206. The standard InChI is InChI=1S/C17H20Br2N2/c1-4-20-16(17-15(19)8-13(18)10-21-17)9-14-11(2)6-5-7-12(14)3/h5-8,10,16,20H,4,9H2,1-3H3. The zero-order chi connectivity index (χ0) is 15.4. The Hall–Kier alpha value is -0.710. The minimum Gasteiger partial charge on any atom is -0.309 e. The third-order valence-electron chi connectivity index (χ3n) is 3.67. The van der Waals surface area contributed by atoms with Crippen molar-refractivity contribution in [3.8, 4) is 0 Å². The average Bonchev–Trinajstić information content (AvgIpc) is 2.42. The smallest absolute Gasteiger partial charge is 0.0719 e. The van der Waals surface area contributed by atoms with Gasteiger partial charge in [-0.2, -0.15) is 0 Å². The monoisotopic (exact) mass is 410 g/mol. The van der Waals surface area contributed by atoms with E-state index >= 15 is 0 Å². The van der Waals surface area contributed by atoms with E-state index in [-0.39, 0.29) is 6.04 Å². The normalized spacial score (nSPS) is 12.4. The van der Waals surface area contributed by atoms with Crippen LogP contribution in [-0.4, -0.2) is 11.5 Å². The van der Waals surface area contributed by atoms with Gasteiger partial charge in [-0.1, -0.05) is 25.1 Å². The Labute approximate surface area is 143 Å². The Morgan fingerprint density at radius 3 is 2.43 bits per heavy atom. The zero-order valence-corrected chi connectivity index (χ0v) is 15.8. The Bertz CT molecular complexity index is 606. The highest BCUT2D eigenvalue weighted by Crippen LogP contribution is 2.28. The molecule has 1 heterocycles. The second-order valence-electron chi connectivity index (χ2n) is 5.21. The molecule has 21 heavy (non-hydrogen) atoms. The van der Waals surface area contributed by atoms with Crippen molar-refractivity contribution in [2.45, 2.75) is 33.2 Å². The lowest BCUT2D eigenvalue weighted by molar-refractivity contribution is 0.532. The lowest BCUT2D eigenvalue weighted by atomic mass is 9.95. The molecule has 4 heteroatoms. The number of benzene rings is 1. The number of nitrogens with one attached hydrogen (secondary N) is 1. The summed E-state index contributed by atoms with van der Waals surface area (Å²) in [6, 6.07) is 8.73. The van der Waals surface area contributed by atoms with Crippen molar-refractivity contribution in [1.29, 1.82) is 0 Å². The lowest BCUT2D eigenvalue weighted by Crippen LogP contribution is -2.25. The number of likely N-dealkylation sites (N-methyl/N-ethyl adjacent to an activating group) is 1. The number of aromatic nitrogens is 1. The number of aryl methyl sites for hydroxylation is 2. The molecular formula is C17H20Br2N2. The Morgan fingerprint density at radius 2 is 1.86 bits per heavy atom. The number of nitrogens with zero attached hydrogens (tertiary/aromatic N) is 1. The Balaban J connectivity index is 2.35. The summed E-state index contributed by atoms with van der Waals surface area (Å²) < 4.78 is 2.02. The molecule has 0 saturated carbocycles. The first-order valence-electron chi connectivity index (χ1n) is 7.12. The summed E-state index contributed by atoms with van der Waals surface area (Å²) >= 11 is 7.10. The van der Waals surface area contributed by atoms with Gasteiger partial charge in [0.1, 0.15) is 0 Å². The van der Waals surface area contributed by atoms with Gasteiger partial charge in [-0.15, -0.1) is 0 Å². The second kappa shape index (κ2) is 7.52. The molecule has 1 N–H and O–H groups in total. The van der Waals surface area contributed by atoms with Crippen molar-refractivity contribution in [3.05, 3.63) is 61.8 Å². The van der Waals surface area contributed by atoms with Crippen LogP contribution in [-0.2, 0) is 6.42 Å². The van der Waals surface area contributed by atoms with Gasteiger partial charge in [0.15, 0.2) is 0 Å². The first-order valence-corrected chi connectivity index (χ1v) is 8.71. The van der Waals surface area contributed by atoms with Crippen molar-refractivity contribution < 1.29 is 0 Å². The summed E-state index contributed by atoms with van der Waals surface area (Å²) in [6.07, 6.45) is 2.80. The van der Waals surface area contributed by atoms with Gasteiger partial charge in [0.2, 0.25) is 0 Å². The Kier molecular flexibility index (Phi) is 5.97. The molecule has 2 nitrogen and oxygen atoms in total. The number of hydrogen-bond donors (Lipinski definition) is 1. The number of rotatable bonds is 5. The molecule has 0 bridgehead atoms. The molecule has 1 aromatic carbocycles. The summed E-state index contributed by atoms with van der Waals surface area (Å²) in [7, 11) is 0. The first-order chi connectivity index (χ1) is 10.0. The van der Waals surface area contributed by atoms with E-state index in [4.69, 9.17) is 0 Å². The average molecular weight is 412 g/mol.